The van der Waals surface area contributed by atoms with Crippen molar-refractivity contribution in [2.75, 3.05) is 23.8 Å². The molecule has 0 unspecified atom stereocenters. The van der Waals surface area contributed by atoms with Gasteiger partial charge in [-0.05, 0) is 30.3 Å². The lowest BCUT2D eigenvalue weighted by molar-refractivity contribution is -0.114. The maximum Gasteiger partial charge on any atom is 0.243 e. The van der Waals surface area contributed by atoms with Gasteiger partial charge in [-0.1, -0.05) is 48.0 Å². The number of amides is 1. The summed E-state index contributed by atoms with van der Waals surface area (Å²) >= 11 is 11.9. The molecule has 23 heavy (non-hydrogen) atoms. The smallest absolute Gasteiger partial charge is 0.243 e. The molecule has 2 aromatic carbocycles. The molecule has 2 N–H and O–H groups in total. The SMILES string of the molecule is C=CCOc1ccccc1NC(=O)CNc1ccc(Cl)cc1Cl. The van der Waals surface area contributed by atoms with E-state index >= 15 is 0 Å². The van der Waals surface area contributed by atoms with Crippen LogP contribution in [0.2, 0.25) is 10.0 Å². The van der Waals surface area contributed by atoms with Crippen molar-refractivity contribution in [3.05, 3.63) is 65.2 Å². The summed E-state index contributed by atoms with van der Waals surface area (Å²) in [5, 5.41) is 6.75. The van der Waals surface area contributed by atoms with Crippen LogP contribution in [0.5, 0.6) is 5.75 Å². The number of benzene rings is 2. The Kier molecular flexibility index (Phi) is 6.32. The summed E-state index contributed by atoms with van der Waals surface area (Å²) < 4.78 is 5.49. The predicted octanol–water partition coefficient (Wildman–Crippen LogP) is 4.61. The number of hydrogen-bond donors (Lipinski definition) is 2. The molecule has 4 nitrogen and oxygen atoms in total. The Morgan fingerprint density at radius 3 is 2.70 bits per heavy atom. The first kappa shape index (κ1) is 17.2. The first-order valence-corrected chi connectivity index (χ1v) is 7.67. The molecular formula is C17H16Cl2N2O2. The van der Waals surface area contributed by atoms with Crippen molar-refractivity contribution in [3.63, 3.8) is 0 Å². The minimum Gasteiger partial charge on any atom is -0.487 e. The number of carbonyl (C=O) groups excluding carboxylic acids is 1. The highest BCUT2D eigenvalue weighted by Gasteiger charge is 2.08. The largest absolute Gasteiger partial charge is 0.487 e. The predicted molar refractivity (Wildman–Crippen MR) is 95.7 cm³/mol. The van der Waals surface area contributed by atoms with E-state index in [1.165, 1.54) is 0 Å². The summed E-state index contributed by atoms with van der Waals surface area (Å²) in [5.74, 6) is 0.371. The van der Waals surface area contributed by atoms with Gasteiger partial charge in [0.05, 0.1) is 22.9 Å². The fraction of sp³-hybridized carbons (Fsp3) is 0.118. The quantitative estimate of drug-likeness (QED) is 0.717. The normalized spacial score (nSPS) is 10.0. The van der Waals surface area contributed by atoms with Gasteiger partial charge in [-0.2, -0.15) is 0 Å². The van der Waals surface area contributed by atoms with Crippen molar-refractivity contribution in [3.8, 4) is 5.75 Å². The van der Waals surface area contributed by atoms with Crippen LogP contribution in [0.25, 0.3) is 0 Å². The van der Waals surface area contributed by atoms with E-state index in [0.29, 0.717) is 33.8 Å². The molecule has 0 fully saturated rings. The molecule has 6 heteroatoms. The van der Waals surface area contributed by atoms with E-state index in [-0.39, 0.29) is 12.5 Å². The van der Waals surface area contributed by atoms with Crippen LogP contribution in [-0.2, 0) is 4.79 Å². The average Bonchev–Trinajstić information content (AvgIpc) is 2.53. The van der Waals surface area contributed by atoms with Gasteiger partial charge in [0.2, 0.25) is 5.91 Å². The molecule has 0 aromatic heterocycles. The van der Waals surface area contributed by atoms with E-state index < -0.39 is 0 Å². The molecule has 0 saturated carbocycles. The van der Waals surface area contributed by atoms with Crippen molar-refractivity contribution >= 4 is 40.5 Å². The van der Waals surface area contributed by atoms with Crippen molar-refractivity contribution in [1.82, 2.24) is 0 Å². The van der Waals surface area contributed by atoms with Crippen molar-refractivity contribution in [2.45, 2.75) is 0 Å². The second-order valence-corrected chi connectivity index (χ2v) is 5.47. The maximum atomic E-state index is 12.1. The van der Waals surface area contributed by atoms with Crippen molar-refractivity contribution in [2.24, 2.45) is 0 Å². The van der Waals surface area contributed by atoms with Crippen LogP contribution < -0.4 is 15.4 Å². The van der Waals surface area contributed by atoms with Gasteiger partial charge in [0, 0.05) is 5.02 Å². The van der Waals surface area contributed by atoms with Gasteiger partial charge in [0.1, 0.15) is 12.4 Å². The molecular weight excluding hydrogens is 335 g/mol. The first-order valence-electron chi connectivity index (χ1n) is 6.91. The number of nitrogens with one attached hydrogen (secondary N) is 2. The standard InChI is InChI=1S/C17H16Cl2N2O2/c1-2-9-23-16-6-4-3-5-15(16)21-17(22)11-20-14-8-7-12(18)10-13(14)19/h2-8,10,20H,1,9,11H2,(H,21,22). The fourth-order valence-electron chi connectivity index (χ4n) is 1.85. The third kappa shape index (κ3) is 5.20. The summed E-state index contributed by atoms with van der Waals surface area (Å²) in [7, 11) is 0. The lowest BCUT2D eigenvalue weighted by Crippen LogP contribution is -2.22. The number of anilines is 2. The number of halogens is 2. The van der Waals surface area contributed by atoms with E-state index in [0.717, 1.165) is 0 Å². The minimum atomic E-state index is -0.217. The summed E-state index contributed by atoms with van der Waals surface area (Å²) in [6.07, 6.45) is 1.64. The van der Waals surface area contributed by atoms with Crippen LogP contribution in [0.1, 0.15) is 0 Å². The highest BCUT2D eigenvalue weighted by molar-refractivity contribution is 6.36. The Hall–Kier alpha value is -2.17. The highest BCUT2D eigenvalue weighted by atomic mass is 35.5. The van der Waals surface area contributed by atoms with Crippen LogP contribution >= 0.6 is 23.2 Å². The zero-order valence-electron chi connectivity index (χ0n) is 12.3. The lowest BCUT2D eigenvalue weighted by atomic mass is 10.3. The summed E-state index contributed by atoms with van der Waals surface area (Å²) in [5.41, 5.74) is 1.24. The third-order valence-electron chi connectivity index (χ3n) is 2.89. The molecule has 0 bridgehead atoms. The molecule has 2 aromatic rings. The molecule has 0 aliphatic carbocycles. The van der Waals surface area contributed by atoms with E-state index in [1.807, 2.05) is 12.1 Å². The van der Waals surface area contributed by atoms with Gasteiger partial charge in [-0.3, -0.25) is 4.79 Å². The molecule has 0 aliphatic heterocycles. The topological polar surface area (TPSA) is 50.4 Å². The van der Waals surface area contributed by atoms with E-state index in [9.17, 15) is 4.79 Å². The molecule has 0 heterocycles. The second kappa shape index (κ2) is 8.46. The molecule has 0 spiro atoms. The Morgan fingerprint density at radius 2 is 1.96 bits per heavy atom. The lowest BCUT2D eigenvalue weighted by Gasteiger charge is -2.12. The van der Waals surface area contributed by atoms with Gasteiger partial charge >= 0.3 is 0 Å². The summed E-state index contributed by atoms with van der Waals surface area (Å²) in [6, 6.07) is 12.2. The molecule has 0 radical (unpaired) electrons. The highest BCUT2D eigenvalue weighted by Crippen LogP contribution is 2.26. The molecule has 2 rings (SSSR count). The number of ether oxygens (including phenoxy) is 1. The van der Waals surface area contributed by atoms with Crippen molar-refractivity contribution in [1.29, 1.82) is 0 Å². The number of para-hydroxylation sites is 2. The molecule has 0 atom stereocenters. The van der Waals surface area contributed by atoms with Crippen LogP contribution in [0.4, 0.5) is 11.4 Å². The molecule has 0 saturated heterocycles. The number of rotatable bonds is 7. The van der Waals surface area contributed by atoms with E-state index in [1.54, 1.807) is 36.4 Å². The van der Waals surface area contributed by atoms with E-state index in [4.69, 9.17) is 27.9 Å². The van der Waals surface area contributed by atoms with Crippen LogP contribution in [0, 0.1) is 0 Å². The molecule has 0 aliphatic rings. The average molecular weight is 351 g/mol. The summed E-state index contributed by atoms with van der Waals surface area (Å²) in [4.78, 5) is 12.1. The fourth-order valence-corrected chi connectivity index (χ4v) is 2.32. The Morgan fingerprint density at radius 1 is 1.17 bits per heavy atom. The first-order chi connectivity index (χ1) is 11.1. The van der Waals surface area contributed by atoms with Crippen LogP contribution in [-0.4, -0.2) is 19.1 Å². The Bertz CT molecular complexity index is 705. The van der Waals surface area contributed by atoms with Gasteiger partial charge in [0.15, 0.2) is 0 Å². The second-order valence-electron chi connectivity index (χ2n) is 4.62. The monoisotopic (exact) mass is 350 g/mol. The third-order valence-corrected chi connectivity index (χ3v) is 3.44. The van der Waals surface area contributed by atoms with Crippen LogP contribution in [0.15, 0.2) is 55.1 Å². The zero-order valence-corrected chi connectivity index (χ0v) is 13.8. The van der Waals surface area contributed by atoms with Crippen LogP contribution in [0.3, 0.4) is 0 Å². The van der Waals surface area contributed by atoms with E-state index in [2.05, 4.69) is 17.2 Å². The van der Waals surface area contributed by atoms with Gasteiger partial charge in [0.25, 0.3) is 0 Å². The van der Waals surface area contributed by atoms with Gasteiger partial charge in [-0.25, -0.2) is 0 Å². The number of hydrogen-bond acceptors (Lipinski definition) is 3. The Labute approximate surface area is 145 Å². The molecule has 120 valence electrons. The van der Waals surface area contributed by atoms with Gasteiger partial charge in [-0.15, -0.1) is 0 Å². The number of carbonyl (C=O) groups is 1. The summed E-state index contributed by atoms with van der Waals surface area (Å²) in [6.45, 7) is 4.03. The molecule has 1 amide bonds. The maximum absolute atomic E-state index is 12.1. The Balaban J connectivity index is 1.96. The van der Waals surface area contributed by atoms with Gasteiger partial charge < -0.3 is 15.4 Å². The van der Waals surface area contributed by atoms with Crippen molar-refractivity contribution < 1.29 is 9.53 Å². The zero-order chi connectivity index (χ0) is 16.7. The minimum absolute atomic E-state index is 0.0666.